The molecule has 1 radical (unpaired) electrons. The molecule has 0 saturated heterocycles. The molecule has 0 atom stereocenters. The monoisotopic (exact) mass is 719 g/mol. The van der Waals surface area contributed by atoms with Crippen LogP contribution in [-0.4, -0.2) is 18.0 Å². The summed E-state index contributed by atoms with van der Waals surface area (Å²) in [7, 11) is -1.39. The number of aromatic nitrogens is 2. The van der Waals surface area contributed by atoms with Gasteiger partial charge in [0.25, 0.3) is 0 Å². The molecule has 2 nitrogen and oxygen atoms in total. The van der Waals surface area contributed by atoms with Gasteiger partial charge in [-0.05, 0) is 57.9 Å². The standard InChI is InChI=1S/C20H18NSSi.C14H12N.Ir/c1-23(2,3)18-12-7-11-17-19(18)15-9-6-8-14(20(15)22-17)16-10-4-5-13-21-16;1-2-4-12(5-3-1)14-9-8-13(10-15-14)11-6-7-11;/h4-7,9-13H,1-3H3;1-4,8-11H,6-7H2;/q2*-1;. The van der Waals surface area contributed by atoms with Crippen LogP contribution in [0.3, 0.4) is 0 Å². The maximum absolute atomic E-state index is 4.52. The first-order valence-corrected chi connectivity index (χ1v) is 17.5. The topological polar surface area (TPSA) is 25.8 Å². The smallest absolute Gasteiger partial charge is 0.0783 e. The van der Waals surface area contributed by atoms with Crippen molar-refractivity contribution in [3.8, 4) is 22.5 Å². The summed E-state index contributed by atoms with van der Waals surface area (Å²) in [5.41, 5.74) is 5.58. The van der Waals surface area contributed by atoms with Crippen molar-refractivity contribution < 1.29 is 20.1 Å². The van der Waals surface area contributed by atoms with Gasteiger partial charge in [0.1, 0.15) is 0 Å². The number of pyridine rings is 2. The van der Waals surface area contributed by atoms with Crippen LogP contribution in [0.25, 0.3) is 42.7 Å². The van der Waals surface area contributed by atoms with Gasteiger partial charge in [-0.1, -0.05) is 66.6 Å². The summed E-state index contributed by atoms with van der Waals surface area (Å²) >= 11 is 1.86. The van der Waals surface area contributed by atoms with Gasteiger partial charge >= 0.3 is 0 Å². The molecule has 0 bridgehead atoms. The van der Waals surface area contributed by atoms with Crippen molar-refractivity contribution in [2.45, 2.75) is 38.4 Å². The van der Waals surface area contributed by atoms with Crippen LogP contribution in [0, 0.1) is 12.1 Å². The van der Waals surface area contributed by atoms with E-state index in [-0.39, 0.29) is 20.1 Å². The average molecular weight is 719 g/mol. The third kappa shape index (κ3) is 5.97. The third-order valence-electron chi connectivity index (χ3n) is 7.01. The van der Waals surface area contributed by atoms with Crippen LogP contribution >= 0.6 is 11.3 Å². The van der Waals surface area contributed by atoms with Crippen molar-refractivity contribution in [2.75, 3.05) is 0 Å². The molecular weight excluding hydrogens is 689 g/mol. The number of fused-ring (bicyclic) bond motifs is 3. The molecule has 7 rings (SSSR count). The Morgan fingerprint density at radius 1 is 0.795 bits per heavy atom. The van der Waals surface area contributed by atoms with E-state index in [1.54, 1.807) is 5.19 Å². The fraction of sp³-hybridized carbons (Fsp3) is 0.176. The van der Waals surface area contributed by atoms with Gasteiger partial charge in [-0.25, -0.2) is 0 Å². The summed E-state index contributed by atoms with van der Waals surface area (Å²) < 4.78 is 2.67. The molecular formula is C34H30IrN2SSi-2. The number of hydrogen-bond acceptors (Lipinski definition) is 3. The molecule has 197 valence electrons. The third-order valence-corrected chi connectivity index (χ3v) is 10.2. The second kappa shape index (κ2) is 11.7. The molecule has 6 aromatic rings. The molecule has 3 aromatic carbocycles. The number of hydrogen-bond donors (Lipinski definition) is 0. The number of benzene rings is 3. The van der Waals surface area contributed by atoms with Crippen LogP contribution in [0.15, 0.2) is 97.3 Å². The maximum atomic E-state index is 4.52. The van der Waals surface area contributed by atoms with E-state index in [2.05, 4.69) is 84.2 Å². The summed E-state index contributed by atoms with van der Waals surface area (Å²) in [5.74, 6) is 0.784. The molecule has 1 aliphatic carbocycles. The Labute approximate surface area is 249 Å². The first-order chi connectivity index (χ1) is 18.5. The van der Waals surface area contributed by atoms with Gasteiger partial charge in [0.05, 0.1) is 8.07 Å². The summed E-state index contributed by atoms with van der Waals surface area (Å²) in [6.45, 7) is 7.25. The Hall–Kier alpha value is -2.95. The van der Waals surface area contributed by atoms with E-state index in [4.69, 9.17) is 0 Å². The van der Waals surface area contributed by atoms with Gasteiger partial charge < -0.3 is 9.97 Å². The SMILES string of the molecule is C[Si](C)(C)c1cccc2sc3c(-c4ccccn4)[c-]ccc3c12.[Ir].[c-]1ccccc1-c1ccc(C2CC2)cn1. The number of rotatable bonds is 4. The van der Waals surface area contributed by atoms with E-state index >= 15 is 0 Å². The summed E-state index contributed by atoms with van der Waals surface area (Å²) in [4.78, 5) is 9.00. The first kappa shape index (κ1) is 27.6. The van der Waals surface area contributed by atoms with E-state index < -0.39 is 8.07 Å². The number of thiophene rings is 1. The van der Waals surface area contributed by atoms with Crippen molar-refractivity contribution in [3.63, 3.8) is 0 Å². The molecule has 3 heterocycles. The molecule has 1 fully saturated rings. The second-order valence-electron chi connectivity index (χ2n) is 10.9. The van der Waals surface area contributed by atoms with Crippen LogP contribution in [-0.2, 0) is 20.1 Å². The van der Waals surface area contributed by atoms with E-state index in [0.717, 1.165) is 28.4 Å². The molecule has 0 N–H and O–H groups in total. The summed E-state index contributed by atoms with van der Waals surface area (Å²) in [5, 5.41) is 4.33. The first-order valence-electron chi connectivity index (χ1n) is 13.2. The van der Waals surface area contributed by atoms with Crippen LogP contribution in [0.1, 0.15) is 24.3 Å². The van der Waals surface area contributed by atoms with Gasteiger partial charge in [0.15, 0.2) is 0 Å². The minimum Gasteiger partial charge on any atom is -0.305 e. The molecule has 1 saturated carbocycles. The van der Waals surface area contributed by atoms with Crippen LogP contribution in [0.4, 0.5) is 0 Å². The van der Waals surface area contributed by atoms with Crippen molar-refractivity contribution >= 4 is 44.8 Å². The molecule has 1 aliphatic rings. The van der Waals surface area contributed by atoms with Crippen molar-refractivity contribution in [3.05, 3.63) is 115 Å². The van der Waals surface area contributed by atoms with Crippen LogP contribution in [0.2, 0.25) is 19.6 Å². The van der Waals surface area contributed by atoms with E-state index in [0.29, 0.717) is 0 Å². The predicted octanol–water partition coefficient (Wildman–Crippen LogP) is 8.89. The summed E-state index contributed by atoms with van der Waals surface area (Å²) in [6, 6.07) is 35.9. The Morgan fingerprint density at radius 3 is 2.31 bits per heavy atom. The van der Waals surface area contributed by atoms with E-state index in [1.165, 1.54) is 38.6 Å². The van der Waals surface area contributed by atoms with Crippen molar-refractivity contribution in [1.82, 2.24) is 9.97 Å². The Morgan fingerprint density at radius 2 is 1.64 bits per heavy atom. The molecule has 0 spiro atoms. The fourth-order valence-corrected chi connectivity index (χ4v) is 7.83. The Kier molecular flexibility index (Phi) is 8.25. The number of nitrogens with zero attached hydrogens (tertiary/aromatic N) is 2. The van der Waals surface area contributed by atoms with Gasteiger partial charge in [-0.3, -0.25) is 0 Å². The zero-order chi connectivity index (χ0) is 26.1. The quantitative estimate of drug-likeness (QED) is 0.135. The minimum atomic E-state index is -1.39. The van der Waals surface area contributed by atoms with Crippen LogP contribution < -0.4 is 5.19 Å². The van der Waals surface area contributed by atoms with E-state index in [1.807, 2.05) is 66.2 Å². The zero-order valence-electron chi connectivity index (χ0n) is 22.4. The van der Waals surface area contributed by atoms with Gasteiger partial charge in [-0.2, -0.15) is 11.3 Å². The second-order valence-corrected chi connectivity index (χ2v) is 17.0. The summed E-state index contributed by atoms with van der Waals surface area (Å²) in [6.07, 6.45) is 6.52. The van der Waals surface area contributed by atoms with Crippen LogP contribution in [0.5, 0.6) is 0 Å². The van der Waals surface area contributed by atoms with Gasteiger partial charge in [0.2, 0.25) is 0 Å². The van der Waals surface area contributed by atoms with Gasteiger partial charge in [-0.15, -0.1) is 59.7 Å². The van der Waals surface area contributed by atoms with Crippen molar-refractivity contribution in [2.24, 2.45) is 0 Å². The molecule has 0 aliphatic heterocycles. The normalized spacial score (nSPS) is 13.0. The average Bonchev–Trinajstić information content (AvgIpc) is 3.73. The molecule has 3 aromatic heterocycles. The van der Waals surface area contributed by atoms with E-state index in [9.17, 15) is 0 Å². The van der Waals surface area contributed by atoms with Crippen molar-refractivity contribution in [1.29, 1.82) is 0 Å². The minimum absolute atomic E-state index is 0. The molecule has 0 unspecified atom stereocenters. The molecule has 5 heteroatoms. The fourth-order valence-electron chi connectivity index (χ4n) is 4.89. The van der Waals surface area contributed by atoms with Gasteiger partial charge in [0, 0.05) is 37.2 Å². The Bertz CT molecular complexity index is 1690. The zero-order valence-corrected chi connectivity index (χ0v) is 26.6. The maximum Gasteiger partial charge on any atom is 0.0783 e. The molecule has 0 amide bonds. The Balaban J connectivity index is 0.000000167. The molecule has 39 heavy (non-hydrogen) atoms. The largest absolute Gasteiger partial charge is 0.305 e. The predicted molar refractivity (Wildman–Crippen MR) is 165 cm³/mol.